The molecular weight excluding hydrogens is 401 g/mol. The van der Waals surface area contributed by atoms with E-state index in [0.29, 0.717) is 17.1 Å². The number of nitrogens with two attached hydrogens (primary N) is 2. The molecule has 0 saturated carbocycles. The summed E-state index contributed by atoms with van der Waals surface area (Å²) in [5.41, 5.74) is 7.61. The summed E-state index contributed by atoms with van der Waals surface area (Å²) in [7, 11) is 1.41. The van der Waals surface area contributed by atoms with Crippen LogP contribution in [0.25, 0.3) is 11.3 Å². The van der Waals surface area contributed by atoms with Gasteiger partial charge >= 0.3 is 0 Å². The molecule has 3 aromatic rings. The third kappa shape index (κ3) is 4.50. The summed E-state index contributed by atoms with van der Waals surface area (Å²) in [6, 6.07) is 10.9. The van der Waals surface area contributed by atoms with Gasteiger partial charge in [-0.2, -0.15) is 0 Å². The number of primary amides is 1. The maximum Gasteiger partial charge on any atom is 0.269 e. The van der Waals surface area contributed by atoms with E-state index in [1.165, 1.54) is 23.9 Å². The monoisotopic (exact) mass is 425 g/mol. The number of rotatable bonds is 7. The SMILES string of the molecule is COc1ccc(F)cc1C(=O)NCc1ccc(-c2nc(C(C)C)n(N)c2C(N)=O)cc1. The van der Waals surface area contributed by atoms with Crippen molar-refractivity contribution in [2.75, 3.05) is 13.0 Å². The van der Waals surface area contributed by atoms with Gasteiger partial charge in [0.25, 0.3) is 11.8 Å². The van der Waals surface area contributed by atoms with Gasteiger partial charge in [-0.25, -0.2) is 14.1 Å². The maximum absolute atomic E-state index is 13.5. The van der Waals surface area contributed by atoms with Crippen molar-refractivity contribution in [3.8, 4) is 17.0 Å². The number of aromatic nitrogens is 2. The van der Waals surface area contributed by atoms with Crippen LogP contribution in [0.15, 0.2) is 42.5 Å². The second-order valence-electron chi connectivity index (χ2n) is 7.28. The van der Waals surface area contributed by atoms with Gasteiger partial charge in [-0.05, 0) is 23.8 Å². The Hall–Kier alpha value is -3.88. The number of ether oxygens (including phenoxy) is 1. The molecular formula is C22H24FN5O3. The Morgan fingerprint density at radius 3 is 2.45 bits per heavy atom. The van der Waals surface area contributed by atoms with Gasteiger partial charge in [-0.1, -0.05) is 38.1 Å². The topological polar surface area (TPSA) is 125 Å². The van der Waals surface area contributed by atoms with Crippen molar-refractivity contribution in [3.63, 3.8) is 0 Å². The second-order valence-corrected chi connectivity index (χ2v) is 7.28. The van der Waals surface area contributed by atoms with Gasteiger partial charge in [0.15, 0.2) is 5.69 Å². The largest absolute Gasteiger partial charge is 0.496 e. The van der Waals surface area contributed by atoms with Gasteiger partial charge in [0.2, 0.25) is 0 Å². The molecule has 0 atom stereocenters. The number of nitrogens with one attached hydrogen (secondary N) is 1. The highest BCUT2D eigenvalue weighted by Crippen LogP contribution is 2.26. The van der Waals surface area contributed by atoms with Crippen molar-refractivity contribution in [1.29, 1.82) is 0 Å². The number of hydrogen-bond donors (Lipinski definition) is 3. The summed E-state index contributed by atoms with van der Waals surface area (Å²) in [6.45, 7) is 4.04. The molecule has 162 valence electrons. The number of hydrogen-bond acceptors (Lipinski definition) is 5. The Kier molecular flexibility index (Phi) is 6.24. The summed E-state index contributed by atoms with van der Waals surface area (Å²) in [5.74, 6) is 5.19. The van der Waals surface area contributed by atoms with E-state index in [0.717, 1.165) is 11.6 Å². The molecule has 3 rings (SSSR count). The lowest BCUT2D eigenvalue weighted by Crippen LogP contribution is -2.24. The van der Waals surface area contributed by atoms with E-state index in [9.17, 15) is 14.0 Å². The third-order valence-electron chi connectivity index (χ3n) is 4.77. The molecule has 1 heterocycles. The molecule has 0 unspecified atom stereocenters. The van der Waals surface area contributed by atoms with Gasteiger partial charge in [-0.15, -0.1) is 0 Å². The number of amides is 2. The zero-order chi connectivity index (χ0) is 22.7. The number of imidazole rings is 1. The fourth-order valence-electron chi connectivity index (χ4n) is 3.21. The smallest absolute Gasteiger partial charge is 0.269 e. The van der Waals surface area contributed by atoms with E-state index < -0.39 is 17.6 Å². The lowest BCUT2D eigenvalue weighted by Gasteiger charge is -2.10. The molecule has 0 aliphatic carbocycles. The lowest BCUT2D eigenvalue weighted by atomic mass is 10.1. The molecule has 31 heavy (non-hydrogen) atoms. The quantitative estimate of drug-likeness (QED) is 0.502. The number of methoxy groups -OCH3 is 1. The number of halogens is 1. The van der Waals surface area contributed by atoms with Crippen molar-refractivity contribution in [2.24, 2.45) is 5.73 Å². The predicted octanol–water partition coefficient (Wildman–Crippen LogP) is 2.56. The molecule has 2 amide bonds. The van der Waals surface area contributed by atoms with Crippen molar-refractivity contribution in [1.82, 2.24) is 15.0 Å². The van der Waals surface area contributed by atoms with Crippen LogP contribution in [0.2, 0.25) is 0 Å². The lowest BCUT2D eigenvalue weighted by molar-refractivity contribution is 0.0946. The fraction of sp³-hybridized carbons (Fsp3) is 0.227. The van der Waals surface area contributed by atoms with Crippen molar-refractivity contribution >= 4 is 11.8 Å². The Balaban J connectivity index is 1.79. The maximum atomic E-state index is 13.5. The van der Waals surface area contributed by atoms with Gasteiger partial charge in [-0.3, -0.25) is 9.59 Å². The van der Waals surface area contributed by atoms with Crippen LogP contribution in [0, 0.1) is 5.82 Å². The predicted molar refractivity (Wildman–Crippen MR) is 115 cm³/mol. The van der Waals surface area contributed by atoms with E-state index in [1.54, 1.807) is 24.3 Å². The standard InChI is InChI=1S/C22H24FN5O3/c1-12(2)21-27-18(19(20(24)29)28(21)25)14-6-4-13(5-7-14)11-26-22(30)16-10-15(23)8-9-17(16)31-3/h4-10,12H,11,25H2,1-3H3,(H2,24,29)(H,26,30). The zero-order valence-electron chi connectivity index (χ0n) is 17.5. The molecule has 0 bridgehead atoms. The first-order valence-electron chi connectivity index (χ1n) is 9.61. The Morgan fingerprint density at radius 2 is 1.87 bits per heavy atom. The van der Waals surface area contributed by atoms with Crippen LogP contribution in [0.1, 0.15) is 52.0 Å². The molecule has 0 aliphatic rings. The molecule has 2 aromatic carbocycles. The highest BCUT2D eigenvalue weighted by Gasteiger charge is 2.22. The van der Waals surface area contributed by atoms with E-state index in [1.807, 2.05) is 13.8 Å². The molecule has 1 aromatic heterocycles. The van der Waals surface area contributed by atoms with Crippen molar-refractivity contribution in [3.05, 3.63) is 70.9 Å². The van der Waals surface area contributed by atoms with Gasteiger partial charge in [0.1, 0.15) is 23.1 Å². The van der Waals surface area contributed by atoms with Crippen molar-refractivity contribution in [2.45, 2.75) is 26.3 Å². The summed E-state index contributed by atoms with van der Waals surface area (Å²) in [6.07, 6.45) is 0. The molecule has 5 N–H and O–H groups in total. The van der Waals surface area contributed by atoms with Crippen LogP contribution in [0.4, 0.5) is 4.39 Å². The highest BCUT2D eigenvalue weighted by molar-refractivity contribution is 5.98. The summed E-state index contributed by atoms with van der Waals surface area (Å²) < 4.78 is 19.8. The van der Waals surface area contributed by atoms with Crippen LogP contribution in [0.5, 0.6) is 5.75 Å². The number of carbonyl (C=O) groups is 2. The van der Waals surface area contributed by atoms with Gasteiger partial charge in [0.05, 0.1) is 12.7 Å². The van der Waals surface area contributed by atoms with E-state index in [4.69, 9.17) is 16.3 Å². The fourth-order valence-corrected chi connectivity index (χ4v) is 3.21. The third-order valence-corrected chi connectivity index (χ3v) is 4.77. The second kappa shape index (κ2) is 8.86. The molecule has 0 aliphatic heterocycles. The minimum Gasteiger partial charge on any atom is -0.496 e. The van der Waals surface area contributed by atoms with E-state index in [2.05, 4.69) is 10.3 Å². The first-order chi connectivity index (χ1) is 14.7. The Bertz CT molecular complexity index is 1120. The molecule has 8 nitrogen and oxygen atoms in total. The molecule has 0 saturated heterocycles. The van der Waals surface area contributed by atoms with E-state index in [-0.39, 0.29) is 29.5 Å². The molecule has 0 fully saturated rings. The summed E-state index contributed by atoms with van der Waals surface area (Å²) in [4.78, 5) is 28.8. The summed E-state index contributed by atoms with van der Waals surface area (Å²) >= 11 is 0. The van der Waals surface area contributed by atoms with Crippen LogP contribution in [0.3, 0.4) is 0 Å². The van der Waals surface area contributed by atoms with Crippen LogP contribution < -0.4 is 21.6 Å². The Morgan fingerprint density at radius 1 is 1.19 bits per heavy atom. The summed E-state index contributed by atoms with van der Waals surface area (Å²) in [5, 5.41) is 2.73. The first kappa shape index (κ1) is 21.8. The average Bonchev–Trinajstić information content (AvgIpc) is 3.10. The highest BCUT2D eigenvalue weighted by atomic mass is 19.1. The number of benzene rings is 2. The normalized spacial score (nSPS) is 10.9. The number of nitrogens with zero attached hydrogens (tertiary/aromatic N) is 2. The Labute approximate surface area is 179 Å². The molecule has 9 heteroatoms. The molecule has 0 radical (unpaired) electrons. The minimum absolute atomic E-state index is 0.00569. The van der Waals surface area contributed by atoms with Crippen LogP contribution in [-0.2, 0) is 6.54 Å². The zero-order valence-corrected chi connectivity index (χ0v) is 17.5. The number of carbonyl (C=O) groups excluding carboxylic acids is 2. The van der Waals surface area contributed by atoms with Gasteiger partial charge < -0.3 is 21.6 Å². The average molecular weight is 425 g/mol. The molecule has 0 spiro atoms. The number of nitrogen functional groups attached to an aromatic ring is 1. The van der Waals surface area contributed by atoms with Crippen LogP contribution in [-0.4, -0.2) is 28.6 Å². The van der Waals surface area contributed by atoms with Gasteiger partial charge in [0, 0.05) is 18.0 Å². The minimum atomic E-state index is -0.669. The first-order valence-corrected chi connectivity index (χ1v) is 9.61. The van der Waals surface area contributed by atoms with Crippen LogP contribution >= 0.6 is 0 Å². The van der Waals surface area contributed by atoms with Crippen molar-refractivity contribution < 1.29 is 18.7 Å². The van der Waals surface area contributed by atoms with E-state index >= 15 is 0 Å².